The number of benzene rings is 1. The molecule has 1 aromatic carbocycles. The Morgan fingerprint density at radius 1 is 1.17 bits per heavy atom. The highest BCUT2D eigenvalue weighted by Crippen LogP contribution is 2.36. The first-order valence-corrected chi connectivity index (χ1v) is 8.28. The lowest BCUT2D eigenvalue weighted by atomic mass is 9.86. The van der Waals surface area contributed by atoms with Crippen LogP contribution in [0.5, 0.6) is 5.75 Å². The average molecular weight is 379 g/mol. The van der Waals surface area contributed by atoms with E-state index in [9.17, 15) is 0 Å². The minimum Gasteiger partial charge on any atom is -0.497 e. The molecule has 0 N–H and O–H groups in total. The predicted octanol–water partition coefficient (Wildman–Crippen LogP) is 2.94. The van der Waals surface area contributed by atoms with Crippen molar-refractivity contribution in [3.8, 4) is 11.4 Å². The lowest BCUT2D eigenvalue weighted by molar-refractivity contribution is 0.00578. The van der Waals surface area contributed by atoms with Crippen molar-refractivity contribution >= 4 is 28.6 Å². The number of hydrogen-bond acceptors (Lipinski definition) is 4. The molecule has 0 saturated carbocycles. The van der Waals surface area contributed by atoms with Crippen molar-refractivity contribution in [3.63, 3.8) is 0 Å². The minimum absolute atomic E-state index is 0.385. The molecule has 0 aliphatic carbocycles. The van der Waals surface area contributed by atoms with Crippen molar-refractivity contribution in [1.29, 1.82) is 0 Å². The maximum Gasteiger partial charge on any atom is 0.516 e. The van der Waals surface area contributed by atoms with Gasteiger partial charge in [-0.15, -0.1) is 0 Å². The third-order valence-electron chi connectivity index (χ3n) is 4.51. The molecule has 1 aliphatic heterocycles. The van der Waals surface area contributed by atoms with Crippen LogP contribution < -0.4 is 10.3 Å². The molecular weight excluding hydrogens is 359 g/mol. The van der Waals surface area contributed by atoms with Crippen molar-refractivity contribution in [2.45, 2.75) is 38.9 Å². The van der Waals surface area contributed by atoms with Gasteiger partial charge in [-0.1, -0.05) is 6.07 Å². The molecule has 1 fully saturated rings. The van der Waals surface area contributed by atoms with Crippen LogP contribution in [0.3, 0.4) is 0 Å². The first-order valence-electron chi connectivity index (χ1n) is 7.48. The standard InChI is InChI=1S/C16H20BBrN2O3/c1-15(2)16(3,4)23-17(22-15)13-10-20(14(18)19-13)11-7-6-8-12(9-11)21-5/h6-10H,1-5H3. The van der Waals surface area contributed by atoms with E-state index in [-0.39, 0.29) is 11.2 Å². The normalized spacial score (nSPS) is 19.1. The summed E-state index contributed by atoms with van der Waals surface area (Å²) in [4.78, 5) is 4.54. The summed E-state index contributed by atoms with van der Waals surface area (Å²) in [6.45, 7) is 8.12. The van der Waals surface area contributed by atoms with E-state index in [4.69, 9.17) is 14.0 Å². The topological polar surface area (TPSA) is 45.5 Å². The van der Waals surface area contributed by atoms with Crippen molar-refractivity contribution in [2.75, 3.05) is 7.11 Å². The van der Waals surface area contributed by atoms with Gasteiger partial charge in [0.25, 0.3) is 0 Å². The Morgan fingerprint density at radius 2 is 1.83 bits per heavy atom. The quantitative estimate of drug-likeness (QED) is 0.770. The van der Waals surface area contributed by atoms with E-state index >= 15 is 0 Å². The molecule has 0 amide bonds. The zero-order valence-electron chi connectivity index (χ0n) is 14.0. The summed E-state index contributed by atoms with van der Waals surface area (Å²) in [5, 5.41) is 0. The Bertz CT molecular complexity index is 714. The fourth-order valence-corrected chi connectivity index (χ4v) is 2.91. The Labute approximate surface area is 145 Å². The molecule has 1 aliphatic rings. The molecule has 23 heavy (non-hydrogen) atoms. The molecule has 5 nitrogen and oxygen atoms in total. The molecule has 0 bridgehead atoms. The van der Waals surface area contributed by atoms with Gasteiger partial charge in [0, 0.05) is 12.3 Å². The molecule has 7 heteroatoms. The van der Waals surface area contributed by atoms with Crippen LogP contribution >= 0.6 is 15.9 Å². The summed E-state index contributed by atoms with van der Waals surface area (Å²) in [5.74, 6) is 0.792. The van der Waals surface area contributed by atoms with E-state index in [1.165, 1.54) is 0 Å². The van der Waals surface area contributed by atoms with Gasteiger partial charge in [0.05, 0.1) is 29.6 Å². The fourth-order valence-electron chi connectivity index (χ4n) is 2.39. The molecule has 0 atom stereocenters. The van der Waals surface area contributed by atoms with E-state index < -0.39 is 7.12 Å². The van der Waals surface area contributed by atoms with Gasteiger partial charge in [-0.2, -0.15) is 0 Å². The maximum atomic E-state index is 6.06. The second-order valence-electron chi connectivity index (χ2n) is 6.59. The summed E-state index contributed by atoms with van der Waals surface area (Å²) < 4.78 is 20.0. The number of nitrogens with zero attached hydrogens (tertiary/aromatic N) is 2. The van der Waals surface area contributed by atoms with Crippen LogP contribution in [-0.2, 0) is 9.31 Å². The monoisotopic (exact) mass is 378 g/mol. The average Bonchev–Trinajstić information content (AvgIpc) is 2.97. The smallest absolute Gasteiger partial charge is 0.497 e. The van der Waals surface area contributed by atoms with Crippen LogP contribution in [-0.4, -0.2) is 35.0 Å². The number of hydrogen-bond donors (Lipinski definition) is 0. The SMILES string of the molecule is COc1cccc(-n2cc(B3OC(C)(C)C(C)(C)O3)nc2Br)c1. The van der Waals surface area contributed by atoms with Gasteiger partial charge in [-0.3, -0.25) is 4.57 Å². The molecule has 1 aromatic heterocycles. The Kier molecular flexibility index (Phi) is 4.06. The molecule has 2 aromatic rings. The number of rotatable bonds is 3. The Morgan fingerprint density at radius 3 is 2.43 bits per heavy atom. The van der Waals surface area contributed by atoms with Crippen molar-refractivity contribution < 1.29 is 14.0 Å². The minimum atomic E-state index is -0.483. The van der Waals surface area contributed by atoms with E-state index in [0.29, 0.717) is 4.73 Å². The van der Waals surface area contributed by atoms with Gasteiger partial charge in [-0.25, -0.2) is 4.98 Å². The number of imidazole rings is 1. The van der Waals surface area contributed by atoms with Crippen molar-refractivity contribution in [2.24, 2.45) is 0 Å². The molecule has 2 heterocycles. The predicted molar refractivity (Wildman–Crippen MR) is 93.5 cm³/mol. The Hall–Kier alpha value is -1.31. The van der Waals surface area contributed by atoms with E-state index in [1.54, 1.807) is 7.11 Å². The molecule has 0 unspecified atom stereocenters. The summed E-state index contributed by atoms with van der Waals surface area (Å²) in [6, 6.07) is 7.78. The van der Waals surface area contributed by atoms with Crippen LogP contribution in [0, 0.1) is 0 Å². The number of halogens is 1. The highest BCUT2D eigenvalue weighted by atomic mass is 79.9. The first kappa shape index (κ1) is 16.5. The van der Waals surface area contributed by atoms with E-state index in [1.807, 2.05) is 62.7 Å². The van der Waals surface area contributed by atoms with Gasteiger partial charge < -0.3 is 14.0 Å². The fraction of sp³-hybridized carbons (Fsp3) is 0.438. The van der Waals surface area contributed by atoms with Gasteiger partial charge in [0.15, 0.2) is 4.73 Å². The third kappa shape index (κ3) is 2.93. The van der Waals surface area contributed by atoms with Crippen LogP contribution in [0.4, 0.5) is 0 Å². The van der Waals surface area contributed by atoms with E-state index in [2.05, 4.69) is 20.9 Å². The highest BCUT2D eigenvalue weighted by Gasteiger charge is 2.52. The van der Waals surface area contributed by atoms with Crippen LogP contribution in [0.15, 0.2) is 35.2 Å². The molecule has 0 radical (unpaired) electrons. The second-order valence-corrected chi connectivity index (χ2v) is 7.30. The summed E-state index contributed by atoms with van der Waals surface area (Å²) in [7, 11) is 1.17. The third-order valence-corrected chi connectivity index (χ3v) is 5.07. The Balaban J connectivity index is 1.93. The van der Waals surface area contributed by atoms with Gasteiger partial charge in [0.1, 0.15) is 5.75 Å². The van der Waals surface area contributed by atoms with Crippen LogP contribution in [0.1, 0.15) is 27.7 Å². The maximum absolute atomic E-state index is 6.06. The molecule has 1 saturated heterocycles. The van der Waals surface area contributed by atoms with Crippen molar-refractivity contribution in [1.82, 2.24) is 9.55 Å². The lowest BCUT2D eigenvalue weighted by Crippen LogP contribution is -2.41. The van der Waals surface area contributed by atoms with Crippen LogP contribution in [0.2, 0.25) is 0 Å². The molecular formula is C16H20BBrN2O3. The van der Waals surface area contributed by atoms with Gasteiger partial charge in [0.2, 0.25) is 0 Å². The molecule has 0 spiro atoms. The van der Waals surface area contributed by atoms with E-state index in [0.717, 1.165) is 17.0 Å². The number of aromatic nitrogens is 2. The largest absolute Gasteiger partial charge is 0.516 e. The summed E-state index contributed by atoms with van der Waals surface area (Å²) in [6.07, 6.45) is 1.92. The summed E-state index contributed by atoms with van der Waals surface area (Å²) >= 11 is 3.50. The summed E-state index contributed by atoms with van der Waals surface area (Å²) in [5.41, 5.74) is 0.915. The van der Waals surface area contributed by atoms with Crippen LogP contribution in [0.25, 0.3) is 5.69 Å². The zero-order chi connectivity index (χ0) is 16.8. The first-order chi connectivity index (χ1) is 10.7. The highest BCUT2D eigenvalue weighted by molar-refractivity contribution is 9.10. The lowest BCUT2D eigenvalue weighted by Gasteiger charge is -2.32. The number of ether oxygens (including phenoxy) is 1. The van der Waals surface area contributed by atoms with Gasteiger partial charge >= 0.3 is 7.12 Å². The molecule has 3 rings (SSSR count). The number of methoxy groups -OCH3 is 1. The van der Waals surface area contributed by atoms with Gasteiger partial charge in [-0.05, 0) is 55.8 Å². The second kappa shape index (κ2) is 5.65. The zero-order valence-corrected chi connectivity index (χ0v) is 15.5. The van der Waals surface area contributed by atoms with Crippen molar-refractivity contribution in [3.05, 3.63) is 35.2 Å². The molecule has 122 valence electrons.